The van der Waals surface area contributed by atoms with Crippen LogP contribution < -0.4 is 0 Å². The SMILES string of the molecule is COC[C@@]12COC[C@@H]1CN(Cc1nc(-c3cccnc3)no1)C2. The number of methoxy groups -OCH3 is 1. The summed E-state index contributed by atoms with van der Waals surface area (Å²) in [5.41, 5.74) is 0.978. The van der Waals surface area contributed by atoms with Crippen LogP contribution in [0.5, 0.6) is 0 Å². The lowest BCUT2D eigenvalue weighted by Gasteiger charge is -2.25. The van der Waals surface area contributed by atoms with Gasteiger partial charge in [0.2, 0.25) is 11.7 Å². The molecule has 2 aliphatic heterocycles. The molecule has 2 aromatic heterocycles. The van der Waals surface area contributed by atoms with Crippen LogP contribution in [0.25, 0.3) is 11.4 Å². The highest BCUT2D eigenvalue weighted by Gasteiger charge is 2.50. The fraction of sp³-hybridized carbons (Fsp3) is 0.562. The first-order valence-corrected chi connectivity index (χ1v) is 7.81. The first-order chi connectivity index (χ1) is 11.3. The molecule has 0 unspecified atom stereocenters. The number of rotatable bonds is 5. The molecule has 0 amide bonds. The average molecular weight is 316 g/mol. The summed E-state index contributed by atoms with van der Waals surface area (Å²) in [6.45, 7) is 4.90. The second-order valence-corrected chi connectivity index (χ2v) is 6.43. The minimum absolute atomic E-state index is 0.112. The first-order valence-electron chi connectivity index (χ1n) is 7.81. The fourth-order valence-electron chi connectivity index (χ4n) is 3.68. The summed E-state index contributed by atoms with van der Waals surface area (Å²) in [4.78, 5) is 10.9. The van der Waals surface area contributed by atoms with Crippen LogP contribution in [0.2, 0.25) is 0 Å². The molecule has 0 saturated carbocycles. The van der Waals surface area contributed by atoms with Gasteiger partial charge < -0.3 is 14.0 Å². The van der Waals surface area contributed by atoms with Crippen LogP contribution in [0.4, 0.5) is 0 Å². The van der Waals surface area contributed by atoms with Crippen molar-refractivity contribution >= 4 is 0 Å². The molecule has 2 saturated heterocycles. The number of ether oxygens (including phenoxy) is 2. The van der Waals surface area contributed by atoms with Gasteiger partial charge in [-0.25, -0.2) is 0 Å². The van der Waals surface area contributed by atoms with Gasteiger partial charge >= 0.3 is 0 Å². The molecule has 4 rings (SSSR count). The molecular weight excluding hydrogens is 296 g/mol. The number of nitrogens with zero attached hydrogens (tertiary/aromatic N) is 4. The Morgan fingerprint density at radius 2 is 2.43 bits per heavy atom. The topological polar surface area (TPSA) is 73.5 Å². The number of pyridine rings is 1. The summed E-state index contributed by atoms with van der Waals surface area (Å²) in [6, 6.07) is 3.79. The zero-order valence-corrected chi connectivity index (χ0v) is 13.1. The summed E-state index contributed by atoms with van der Waals surface area (Å²) in [5, 5.41) is 4.05. The molecule has 0 bridgehead atoms. The van der Waals surface area contributed by atoms with Crippen LogP contribution in [0, 0.1) is 11.3 Å². The van der Waals surface area contributed by atoms with E-state index in [1.807, 2.05) is 12.1 Å². The Labute approximate surface area is 134 Å². The summed E-state index contributed by atoms with van der Waals surface area (Å²) in [6.07, 6.45) is 3.46. The van der Waals surface area contributed by atoms with Crippen molar-refractivity contribution in [2.75, 3.05) is 40.0 Å². The Balaban J connectivity index is 1.45. The van der Waals surface area contributed by atoms with E-state index in [1.54, 1.807) is 19.5 Å². The Kier molecular flexibility index (Phi) is 3.84. The molecular formula is C16H20N4O3. The highest BCUT2D eigenvalue weighted by molar-refractivity contribution is 5.51. The monoisotopic (exact) mass is 316 g/mol. The van der Waals surface area contributed by atoms with Crippen molar-refractivity contribution in [2.24, 2.45) is 11.3 Å². The molecule has 0 N–H and O–H groups in total. The van der Waals surface area contributed by atoms with E-state index in [1.165, 1.54) is 0 Å². The van der Waals surface area contributed by atoms with Crippen LogP contribution in [-0.2, 0) is 16.0 Å². The maximum absolute atomic E-state index is 5.66. The molecule has 122 valence electrons. The van der Waals surface area contributed by atoms with Gasteiger partial charge in [-0.2, -0.15) is 4.98 Å². The molecule has 7 heteroatoms. The Morgan fingerprint density at radius 1 is 1.48 bits per heavy atom. The Hall–Kier alpha value is -1.83. The third-order valence-corrected chi connectivity index (χ3v) is 4.77. The van der Waals surface area contributed by atoms with Gasteiger partial charge in [0.15, 0.2) is 0 Å². The molecule has 23 heavy (non-hydrogen) atoms. The smallest absolute Gasteiger partial charge is 0.241 e. The Bertz CT molecular complexity index is 662. The third kappa shape index (κ3) is 2.75. The van der Waals surface area contributed by atoms with Crippen LogP contribution in [0.1, 0.15) is 5.89 Å². The van der Waals surface area contributed by atoms with E-state index in [-0.39, 0.29) is 5.41 Å². The third-order valence-electron chi connectivity index (χ3n) is 4.77. The zero-order valence-electron chi connectivity index (χ0n) is 13.1. The van der Waals surface area contributed by atoms with Crippen molar-refractivity contribution in [2.45, 2.75) is 6.54 Å². The maximum Gasteiger partial charge on any atom is 0.241 e. The molecule has 2 aromatic rings. The van der Waals surface area contributed by atoms with Gasteiger partial charge in [-0.1, -0.05) is 5.16 Å². The highest BCUT2D eigenvalue weighted by atomic mass is 16.5. The van der Waals surface area contributed by atoms with Crippen molar-refractivity contribution in [1.82, 2.24) is 20.0 Å². The normalized spacial score (nSPS) is 27.4. The second-order valence-electron chi connectivity index (χ2n) is 6.43. The van der Waals surface area contributed by atoms with E-state index in [4.69, 9.17) is 14.0 Å². The summed E-state index contributed by atoms with van der Waals surface area (Å²) < 4.78 is 16.5. The predicted octanol–water partition coefficient (Wildman–Crippen LogP) is 1.23. The van der Waals surface area contributed by atoms with Gasteiger partial charge in [-0.3, -0.25) is 9.88 Å². The van der Waals surface area contributed by atoms with Crippen LogP contribution in [0.15, 0.2) is 29.0 Å². The van der Waals surface area contributed by atoms with Gasteiger partial charge in [0.05, 0.1) is 26.4 Å². The van der Waals surface area contributed by atoms with Gasteiger partial charge in [-0.05, 0) is 12.1 Å². The first kappa shape index (κ1) is 14.7. The summed E-state index contributed by atoms with van der Waals surface area (Å²) >= 11 is 0. The fourth-order valence-corrected chi connectivity index (χ4v) is 3.68. The molecule has 4 heterocycles. The molecule has 0 spiro atoms. The zero-order chi connectivity index (χ0) is 15.7. The largest absolute Gasteiger partial charge is 0.384 e. The van der Waals surface area contributed by atoms with Crippen LogP contribution in [-0.4, -0.2) is 60.0 Å². The van der Waals surface area contributed by atoms with Crippen molar-refractivity contribution < 1.29 is 14.0 Å². The van der Waals surface area contributed by atoms with E-state index in [0.717, 1.165) is 38.5 Å². The number of likely N-dealkylation sites (tertiary alicyclic amines) is 1. The van der Waals surface area contributed by atoms with Crippen molar-refractivity contribution in [3.63, 3.8) is 0 Å². The number of aromatic nitrogens is 3. The minimum atomic E-state index is 0.112. The van der Waals surface area contributed by atoms with E-state index in [0.29, 0.717) is 24.2 Å². The lowest BCUT2D eigenvalue weighted by Crippen LogP contribution is -2.35. The predicted molar refractivity (Wildman–Crippen MR) is 81.4 cm³/mol. The number of fused-ring (bicyclic) bond motifs is 1. The second kappa shape index (κ2) is 5.99. The quantitative estimate of drug-likeness (QED) is 0.821. The van der Waals surface area contributed by atoms with E-state index < -0.39 is 0 Å². The van der Waals surface area contributed by atoms with Gasteiger partial charge in [-0.15, -0.1) is 0 Å². The maximum atomic E-state index is 5.66. The van der Waals surface area contributed by atoms with Crippen LogP contribution >= 0.6 is 0 Å². The molecule has 0 aliphatic carbocycles. The number of hydrogen-bond donors (Lipinski definition) is 0. The minimum Gasteiger partial charge on any atom is -0.384 e. The molecule has 2 atom stereocenters. The van der Waals surface area contributed by atoms with Gasteiger partial charge in [0.1, 0.15) is 0 Å². The molecule has 2 fully saturated rings. The Morgan fingerprint density at radius 3 is 3.26 bits per heavy atom. The van der Waals surface area contributed by atoms with Crippen molar-refractivity contribution in [1.29, 1.82) is 0 Å². The van der Waals surface area contributed by atoms with Gasteiger partial charge in [0.25, 0.3) is 0 Å². The molecule has 0 aromatic carbocycles. The average Bonchev–Trinajstić information content (AvgIpc) is 3.23. The van der Waals surface area contributed by atoms with Crippen molar-refractivity contribution in [3.8, 4) is 11.4 Å². The lowest BCUT2D eigenvalue weighted by molar-refractivity contribution is 0.0522. The molecule has 7 nitrogen and oxygen atoms in total. The van der Waals surface area contributed by atoms with Crippen molar-refractivity contribution in [3.05, 3.63) is 30.4 Å². The van der Waals surface area contributed by atoms with E-state index in [2.05, 4.69) is 20.0 Å². The van der Waals surface area contributed by atoms with Crippen LogP contribution in [0.3, 0.4) is 0 Å². The molecule has 0 radical (unpaired) electrons. The summed E-state index contributed by atoms with van der Waals surface area (Å²) in [7, 11) is 1.75. The summed E-state index contributed by atoms with van der Waals surface area (Å²) in [5.74, 6) is 1.74. The van der Waals surface area contributed by atoms with E-state index >= 15 is 0 Å². The van der Waals surface area contributed by atoms with E-state index in [9.17, 15) is 0 Å². The standard InChI is InChI=1S/C16H20N4O3/c1-21-10-16-9-20(6-13(16)8-22-11-16)7-14-18-15(19-23-14)12-3-2-4-17-5-12/h2-5,13H,6-11H2,1H3/t13-,16-/m0/s1. The van der Waals surface area contributed by atoms with Gasteiger partial charge in [0, 0.05) is 49.5 Å². The number of hydrogen-bond acceptors (Lipinski definition) is 7. The highest BCUT2D eigenvalue weighted by Crippen LogP contribution is 2.41. The molecule has 2 aliphatic rings. The lowest BCUT2D eigenvalue weighted by atomic mass is 9.82.